The molecule has 2 aromatic carbocycles. The second-order valence-electron chi connectivity index (χ2n) is 10.2. The van der Waals surface area contributed by atoms with Crippen LogP contribution in [0.5, 0.6) is 11.5 Å². The normalized spacial score (nSPS) is 21.0. The van der Waals surface area contributed by atoms with Crippen LogP contribution in [-0.2, 0) is 19.0 Å². The number of aromatic hydroxyl groups is 1. The van der Waals surface area contributed by atoms with Crippen LogP contribution >= 0.6 is 0 Å². The highest BCUT2D eigenvalue weighted by Gasteiger charge is 2.53. The molecule has 14 nitrogen and oxygen atoms in total. The minimum atomic E-state index is -1.53. The summed E-state index contributed by atoms with van der Waals surface area (Å²) in [4.78, 5) is 48.9. The molecular formula is C29H31N3O11. The van der Waals surface area contributed by atoms with Crippen LogP contribution in [0.1, 0.15) is 29.8 Å². The SMILES string of the molecule is C=CC(=O)Nc1cccc(C(=O)Nc2c(O)c3ccc(O[C@@H]4OC(C)(C)[C@H](OC)[C@@H](OC(N)=O)[C@H]4O)c(C)c3oc2=O)c1. The average Bonchev–Trinajstić information content (AvgIpc) is 2.95. The fourth-order valence-corrected chi connectivity index (χ4v) is 4.79. The van der Waals surface area contributed by atoms with Crippen molar-refractivity contribution < 1.29 is 48.0 Å². The quantitative estimate of drug-likeness (QED) is 0.188. The van der Waals surface area contributed by atoms with Crippen LogP contribution in [0.25, 0.3) is 11.0 Å². The molecule has 0 saturated carbocycles. The maximum Gasteiger partial charge on any atom is 0.404 e. The average molecular weight is 598 g/mol. The van der Waals surface area contributed by atoms with Gasteiger partial charge in [-0.3, -0.25) is 9.59 Å². The van der Waals surface area contributed by atoms with Crippen LogP contribution in [0, 0.1) is 6.92 Å². The van der Waals surface area contributed by atoms with Gasteiger partial charge in [-0.2, -0.15) is 0 Å². The molecule has 1 fully saturated rings. The number of nitrogens with two attached hydrogens (primary N) is 1. The summed E-state index contributed by atoms with van der Waals surface area (Å²) in [7, 11) is 1.36. The predicted molar refractivity (Wildman–Crippen MR) is 153 cm³/mol. The number of anilines is 2. The van der Waals surface area contributed by atoms with Gasteiger partial charge in [-0.15, -0.1) is 0 Å². The maximum absolute atomic E-state index is 12.9. The van der Waals surface area contributed by atoms with Gasteiger partial charge in [0.05, 0.1) is 11.0 Å². The van der Waals surface area contributed by atoms with Crippen molar-refractivity contribution in [3.05, 3.63) is 70.6 Å². The zero-order valence-corrected chi connectivity index (χ0v) is 23.7. The van der Waals surface area contributed by atoms with Gasteiger partial charge in [0, 0.05) is 23.9 Å². The van der Waals surface area contributed by atoms with Gasteiger partial charge in [-0.1, -0.05) is 12.6 Å². The molecule has 14 heteroatoms. The molecule has 3 amide bonds. The number of aliphatic hydroxyl groups excluding tert-OH is 1. The van der Waals surface area contributed by atoms with Crippen molar-refractivity contribution in [1.29, 1.82) is 0 Å². The molecule has 3 aromatic rings. The van der Waals surface area contributed by atoms with Crippen molar-refractivity contribution in [1.82, 2.24) is 0 Å². The van der Waals surface area contributed by atoms with E-state index in [9.17, 15) is 29.4 Å². The Morgan fingerprint density at radius 2 is 1.88 bits per heavy atom. The second-order valence-corrected chi connectivity index (χ2v) is 10.2. The largest absolute Gasteiger partial charge is 0.505 e. The van der Waals surface area contributed by atoms with E-state index in [1.54, 1.807) is 19.9 Å². The van der Waals surface area contributed by atoms with E-state index in [1.165, 1.54) is 44.4 Å². The molecule has 1 aromatic heterocycles. The zero-order valence-electron chi connectivity index (χ0n) is 23.7. The summed E-state index contributed by atoms with van der Waals surface area (Å²) in [5.74, 6) is -1.67. The molecule has 2 heterocycles. The van der Waals surface area contributed by atoms with Gasteiger partial charge in [0.15, 0.2) is 23.6 Å². The Balaban J connectivity index is 1.62. The number of ether oxygens (including phenoxy) is 4. The van der Waals surface area contributed by atoms with Gasteiger partial charge >= 0.3 is 11.7 Å². The van der Waals surface area contributed by atoms with E-state index in [1.807, 2.05) is 0 Å². The van der Waals surface area contributed by atoms with Crippen LogP contribution in [0.15, 0.2) is 58.3 Å². The van der Waals surface area contributed by atoms with Crippen LogP contribution in [0.2, 0.25) is 0 Å². The standard InChI is InChI=1S/C29H31N3O11/c1-6-18(33)31-15-9-7-8-14(12-15)25(36)32-19-20(34)16-10-11-17(13(2)22(16)41-26(19)37)40-27-21(35)23(42-28(30)38)24(39-5)29(3,4)43-27/h6-12,21,23-24,27,34-35H,1H2,2-5H3,(H2,30,38)(H,31,33)(H,32,36)/t21-,23+,24-,27-/m1/s1. The Kier molecular flexibility index (Phi) is 8.75. The summed E-state index contributed by atoms with van der Waals surface area (Å²) < 4.78 is 27.8. The Hall–Kier alpha value is -4.92. The number of aryl methyl sites for hydroxylation is 1. The monoisotopic (exact) mass is 597 g/mol. The molecule has 1 aliphatic rings. The van der Waals surface area contributed by atoms with Gasteiger partial charge < -0.3 is 49.9 Å². The number of amides is 3. The number of methoxy groups -OCH3 is 1. The first kappa shape index (κ1) is 31.0. The van der Waals surface area contributed by atoms with Crippen molar-refractivity contribution in [2.75, 3.05) is 17.7 Å². The first-order valence-corrected chi connectivity index (χ1v) is 12.9. The lowest BCUT2D eigenvalue weighted by molar-refractivity contribution is -0.304. The Morgan fingerprint density at radius 3 is 2.53 bits per heavy atom. The van der Waals surface area contributed by atoms with Crippen LogP contribution in [0.3, 0.4) is 0 Å². The molecule has 228 valence electrons. The molecular weight excluding hydrogens is 566 g/mol. The van der Waals surface area contributed by atoms with E-state index in [4.69, 9.17) is 29.1 Å². The van der Waals surface area contributed by atoms with Crippen molar-refractivity contribution >= 4 is 40.3 Å². The minimum absolute atomic E-state index is 0.0589. The van der Waals surface area contributed by atoms with Gasteiger partial charge in [-0.25, -0.2) is 9.59 Å². The number of carbonyl (C=O) groups excluding carboxylic acids is 3. The third kappa shape index (κ3) is 6.30. The lowest BCUT2D eigenvalue weighted by Crippen LogP contribution is -2.65. The topological polar surface area (TPSA) is 209 Å². The summed E-state index contributed by atoms with van der Waals surface area (Å²) in [6.45, 7) is 8.20. The number of fused-ring (bicyclic) bond motifs is 1. The highest BCUT2D eigenvalue weighted by Crippen LogP contribution is 2.38. The molecule has 6 N–H and O–H groups in total. The molecule has 0 radical (unpaired) electrons. The molecule has 0 unspecified atom stereocenters. The van der Waals surface area contributed by atoms with Crippen molar-refractivity contribution in [3.8, 4) is 11.5 Å². The third-order valence-corrected chi connectivity index (χ3v) is 6.83. The Labute approximate surface area is 245 Å². The van der Waals surface area contributed by atoms with E-state index >= 15 is 0 Å². The van der Waals surface area contributed by atoms with E-state index < -0.39 is 65.2 Å². The molecule has 4 rings (SSSR count). The molecule has 1 saturated heterocycles. The number of benzene rings is 2. The van der Waals surface area contributed by atoms with Gasteiger partial charge in [0.25, 0.3) is 5.91 Å². The summed E-state index contributed by atoms with van der Waals surface area (Å²) >= 11 is 0. The van der Waals surface area contributed by atoms with Crippen molar-refractivity contribution in [3.63, 3.8) is 0 Å². The molecule has 0 aliphatic carbocycles. The minimum Gasteiger partial charge on any atom is -0.505 e. The van der Waals surface area contributed by atoms with Crippen LogP contribution < -0.4 is 26.7 Å². The Bertz CT molecular complexity index is 1650. The fraction of sp³-hybridized carbons (Fsp3) is 0.310. The van der Waals surface area contributed by atoms with Crippen molar-refractivity contribution in [2.45, 2.75) is 51.0 Å². The maximum atomic E-state index is 12.9. The number of hydrogen-bond donors (Lipinski definition) is 5. The smallest absolute Gasteiger partial charge is 0.404 e. The molecule has 0 spiro atoms. The summed E-state index contributed by atoms with van der Waals surface area (Å²) in [5, 5.41) is 26.8. The lowest BCUT2D eigenvalue weighted by atomic mass is 9.89. The first-order valence-electron chi connectivity index (χ1n) is 12.9. The van der Waals surface area contributed by atoms with Crippen molar-refractivity contribution in [2.24, 2.45) is 5.73 Å². The van der Waals surface area contributed by atoms with Crippen LogP contribution in [0.4, 0.5) is 16.2 Å². The zero-order chi connectivity index (χ0) is 31.6. The predicted octanol–water partition coefficient (Wildman–Crippen LogP) is 2.54. The van der Waals surface area contributed by atoms with Gasteiger partial charge in [0.1, 0.15) is 17.4 Å². The molecule has 0 bridgehead atoms. The number of aliphatic hydroxyl groups is 1. The molecule has 43 heavy (non-hydrogen) atoms. The van der Waals surface area contributed by atoms with E-state index in [-0.39, 0.29) is 27.8 Å². The number of rotatable bonds is 8. The first-order chi connectivity index (χ1) is 20.3. The van der Waals surface area contributed by atoms with Gasteiger partial charge in [-0.05, 0) is 57.2 Å². The summed E-state index contributed by atoms with van der Waals surface area (Å²) in [6.07, 6.45) is -5.07. The highest BCUT2D eigenvalue weighted by molar-refractivity contribution is 6.07. The number of primary amides is 1. The van der Waals surface area contributed by atoms with Crippen LogP contribution in [-0.4, -0.2) is 65.4 Å². The third-order valence-electron chi connectivity index (χ3n) is 6.83. The number of carbonyl (C=O) groups is 3. The highest BCUT2D eigenvalue weighted by atomic mass is 16.7. The fourth-order valence-electron chi connectivity index (χ4n) is 4.79. The van der Waals surface area contributed by atoms with E-state index in [0.29, 0.717) is 5.69 Å². The summed E-state index contributed by atoms with van der Waals surface area (Å²) in [5.41, 5.74) is 3.13. The number of hydrogen-bond acceptors (Lipinski definition) is 11. The lowest BCUT2D eigenvalue weighted by Gasteiger charge is -2.47. The van der Waals surface area contributed by atoms with E-state index in [0.717, 1.165) is 6.08 Å². The number of nitrogens with one attached hydrogen (secondary N) is 2. The Morgan fingerprint density at radius 1 is 1.16 bits per heavy atom. The van der Waals surface area contributed by atoms with E-state index in [2.05, 4.69) is 17.2 Å². The second kappa shape index (κ2) is 12.1. The van der Waals surface area contributed by atoms with Gasteiger partial charge in [0.2, 0.25) is 12.2 Å². The summed E-state index contributed by atoms with van der Waals surface area (Å²) in [6, 6.07) is 8.72. The molecule has 1 aliphatic heterocycles. The molecule has 4 atom stereocenters.